The minimum Gasteiger partial charge on any atom is -0.380 e. The second-order valence-electron chi connectivity index (χ2n) is 4.43. The van der Waals surface area contributed by atoms with Crippen molar-refractivity contribution in [2.45, 2.75) is 20.4 Å². The van der Waals surface area contributed by atoms with E-state index in [4.69, 9.17) is 0 Å². The Balaban J connectivity index is 2.21. The average Bonchev–Trinajstić information content (AvgIpc) is 2.38. The molecule has 2 rings (SSSR count). The summed E-state index contributed by atoms with van der Waals surface area (Å²) >= 11 is 0. The van der Waals surface area contributed by atoms with Crippen LogP contribution in [0.5, 0.6) is 0 Å². The highest BCUT2D eigenvalue weighted by atomic mass is 16.6. The summed E-state index contributed by atoms with van der Waals surface area (Å²) in [6, 6.07) is 7.23. The van der Waals surface area contributed by atoms with Crippen molar-refractivity contribution in [2.75, 3.05) is 5.32 Å². The molecule has 0 spiro atoms. The van der Waals surface area contributed by atoms with Gasteiger partial charge in [0.25, 0.3) is 5.69 Å². The molecule has 0 saturated heterocycles. The number of rotatable bonds is 4. The number of hydrogen-bond donors (Lipinski definition) is 1. The Morgan fingerprint density at radius 1 is 1.32 bits per heavy atom. The van der Waals surface area contributed by atoms with Crippen molar-refractivity contribution in [2.24, 2.45) is 0 Å². The first-order chi connectivity index (χ1) is 9.08. The van der Waals surface area contributed by atoms with Crippen LogP contribution in [0.15, 0.2) is 36.7 Å². The quantitative estimate of drug-likeness (QED) is 0.674. The lowest BCUT2D eigenvalue weighted by Crippen LogP contribution is -2.03. The van der Waals surface area contributed by atoms with Crippen LogP contribution in [0, 0.1) is 24.0 Å². The second-order valence-corrected chi connectivity index (χ2v) is 4.43. The summed E-state index contributed by atoms with van der Waals surface area (Å²) in [6.07, 6.45) is 3.48. The number of aromatic nitrogens is 1. The summed E-state index contributed by atoms with van der Waals surface area (Å²) < 4.78 is 0. The van der Waals surface area contributed by atoms with Gasteiger partial charge in [-0.3, -0.25) is 15.1 Å². The minimum absolute atomic E-state index is 0.138. The van der Waals surface area contributed by atoms with Gasteiger partial charge in [0.15, 0.2) is 0 Å². The van der Waals surface area contributed by atoms with Gasteiger partial charge in [0.2, 0.25) is 0 Å². The average molecular weight is 257 g/mol. The topological polar surface area (TPSA) is 68.1 Å². The number of hydrogen-bond acceptors (Lipinski definition) is 4. The van der Waals surface area contributed by atoms with Gasteiger partial charge in [-0.05, 0) is 37.1 Å². The van der Waals surface area contributed by atoms with E-state index in [1.54, 1.807) is 25.4 Å². The first kappa shape index (κ1) is 13.0. The molecule has 19 heavy (non-hydrogen) atoms. The molecule has 0 unspecified atom stereocenters. The van der Waals surface area contributed by atoms with Crippen LogP contribution in [0.1, 0.15) is 16.7 Å². The Kier molecular flexibility index (Phi) is 3.75. The highest BCUT2D eigenvalue weighted by Gasteiger charge is 2.13. The Labute approximate surface area is 111 Å². The molecular formula is C14H15N3O2. The number of nitro groups is 1. The third-order valence-electron chi connectivity index (χ3n) is 2.95. The van der Waals surface area contributed by atoms with Gasteiger partial charge in [0.1, 0.15) is 0 Å². The van der Waals surface area contributed by atoms with E-state index in [-0.39, 0.29) is 10.6 Å². The smallest absolute Gasteiger partial charge is 0.274 e. The molecule has 1 heterocycles. The predicted molar refractivity (Wildman–Crippen MR) is 74.1 cm³/mol. The number of anilines is 1. The normalized spacial score (nSPS) is 10.2. The first-order valence-corrected chi connectivity index (χ1v) is 5.96. The molecule has 0 fully saturated rings. The summed E-state index contributed by atoms with van der Waals surface area (Å²) in [6.45, 7) is 4.27. The van der Waals surface area contributed by atoms with E-state index in [0.717, 1.165) is 16.8 Å². The number of benzene rings is 1. The van der Waals surface area contributed by atoms with Gasteiger partial charge in [0, 0.05) is 36.3 Å². The number of nitro benzene ring substituents is 1. The van der Waals surface area contributed by atoms with E-state index in [1.807, 2.05) is 25.1 Å². The Hall–Kier alpha value is -2.43. The van der Waals surface area contributed by atoms with Crippen molar-refractivity contribution in [3.63, 3.8) is 0 Å². The number of nitrogens with one attached hydrogen (secondary N) is 1. The van der Waals surface area contributed by atoms with E-state index in [9.17, 15) is 10.1 Å². The van der Waals surface area contributed by atoms with Gasteiger partial charge in [-0.15, -0.1) is 0 Å². The van der Waals surface area contributed by atoms with Crippen LogP contribution in [0.2, 0.25) is 0 Å². The molecule has 5 nitrogen and oxygen atoms in total. The molecule has 98 valence electrons. The lowest BCUT2D eigenvalue weighted by Gasteiger charge is -2.10. The van der Waals surface area contributed by atoms with Crippen LogP contribution in [-0.4, -0.2) is 9.91 Å². The van der Waals surface area contributed by atoms with Gasteiger partial charge in [-0.2, -0.15) is 0 Å². The van der Waals surface area contributed by atoms with E-state index in [1.165, 1.54) is 0 Å². The van der Waals surface area contributed by atoms with E-state index in [0.29, 0.717) is 12.1 Å². The van der Waals surface area contributed by atoms with Gasteiger partial charge in [-0.25, -0.2) is 0 Å². The number of aryl methyl sites for hydroxylation is 2. The van der Waals surface area contributed by atoms with Crippen LogP contribution in [0.3, 0.4) is 0 Å². The van der Waals surface area contributed by atoms with Crippen molar-refractivity contribution in [3.05, 3.63) is 63.5 Å². The molecular weight excluding hydrogens is 242 g/mol. The summed E-state index contributed by atoms with van der Waals surface area (Å²) in [4.78, 5) is 14.6. The molecule has 1 N–H and O–H groups in total. The summed E-state index contributed by atoms with van der Waals surface area (Å²) in [7, 11) is 0. The molecule has 0 aliphatic rings. The Morgan fingerprint density at radius 2 is 2.11 bits per heavy atom. The molecule has 0 aliphatic heterocycles. The third kappa shape index (κ3) is 3.07. The molecule has 1 aromatic heterocycles. The molecule has 0 saturated carbocycles. The molecule has 1 aromatic carbocycles. The monoisotopic (exact) mass is 257 g/mol. The van der Waals surface area contributed by atoms with Crippen molar-refractivity contribution in [3.8, 4) is 0 Å². The molecule has 0 aliphatic carbocycles. The largest absolute Gasteiger partial charge is 0.380 e. The summed E-state index contributed by atoms with van der Waals surface area (Å²) in [5.74, 6) is 0. The van der Waals surface area contributed by atoms with Crippen LogP contribution in [0.25, 0.3) is 0 Å². The molecule has 2 aromatic rings. The Morgan fingerprint density at radius 3 is 2.74 bits per heavy atom. The van der Waals surface area contributed by atoms with Crippen molar-refractivity contribution in [1.29, 1.82) is 0 Å². The van der Waals surface area contributed by atoms with E-state index in [2.05, 4.69) is 10.3 Å². The van der Waals surface area contributed by atoms with Gasteiger partial charge in [-0.1, -0.05) is 6.07 Å². The van der Waals surface area contributed by atoms with Crippen molar-refractivity contribution < 1.29 is 4.92 Å². The van der Waals surface area contributed by atoms with Crippen LogP contribution in [-0.2, 0) is 6.54 Å². The molecule has 0 amide bonds. The van der Waals surface area contributed by atoms with E-state index >= 15 is 0 Å². The fourth-order valence-electron chi connectivity index (χ4n) is 1.93. The van der Waals surface area contributed by atoms with Crippen LogP contribution in [0.4, 0.5) is 11.4 Å². The maximum atomic E-state index is 10.9. The fourth-order valence-corrected chi connectivity index (χ4v) is 1.93. The molecule has 0 radical (unpaired) electrons. The van der Waals surface area contributed by atoms with E-state index < -0.39 is 0 Å². The standard InChI is InChI=1S/C14H15N3O2/c1-10-6-11(2)14(17(18)19)7-13(10)16-9-12-4-3-5-15-8-12/h3-8,16H,9H2,1-2H3. The van der Waals surface area contributed by atoms with Crippen molar-refractivity contribution >= 4 is 11.4 Å². The summed E-state index contributed by atoms with van der Waals surface area (Å²) in [5, 5.41) is 14.1. The maximum absolute atomic E-state index is 10.9. The number of pyridine rings is 1. The van der Waals surface area contributed by atoms with Gasteiger partial charge in [0.05, 0.1) is 4.92 Å². The highest BCUT2D eigenvalue weighted by molar-refractivity contribution is 5.60. The lowest BCUT2D eigenvalue weighted by atomic mass is 10.1. The predicted octanol–water partition coefficient (Wildman–Crippen LogP) is 3.22. The summed E-state index contributed by atoms with van der Waals surface area (Å²) in [5.41, 5.74) is 3.62. The van der Waals surface area contributed by atoms with Crippen LogP contribution >= 0.6 is 0 Å². The zero-order valence-corrected chi connectivity index (χ0v) is 10.9. The van der Waals surface area contributed by atoms with Crippen molar-refractivity contribution in [1.82, 2.24) is 4.98 Å². The van der Waals surface area contributed by atoms with Crippen LogP contribution < -0.4 is 5.32 Å². The zero-order valence-electron chi connectivity index (χ0n) is 10.9. The third-order valence-corrected chi connectivity index (χ3v) is 2.95. The zero-order chi connectivity index (χ0) is 13.8. The maximum Gasteiger partial charge on any atom is 0.274 e. The highest BCUT2D eigenvalue weighted by Crippen LogP contribution is 2.26. The molecule has 5 heteroatoms. The Bertz CT molecular complexity index is 597. The molecule has 0 bridgehead atoms. The second kappa shape index (κ2) is 5.48. The molecule has 0 atom stereocenters. The minimum atomic E-state index is -0.357. The first-order valence-electron chi connectivity index (χ1n) is 5.96. The SMILES string of the molecule is Cc1cc(C)c([N+](=O)[O-])cc1NCc1cccnc1. The van der Waals surface area contributed by atoms with Gasteiger partial charge < -0.3 is 5.32 Å². The fraction of sp³-hybridized carbons (Fsp3) is 0.214. The van der Waals surface area contributed by atoms with Gasteiger partial charge >= 0.3 is 0 Å². The number of nitrogens with zero attached hydrogens (tertiary/aromatic N) is 2. The lowest BCUT2D eigenvalue weighted by molar-refractivity contribution is -0.385.